The molecule has 0 spiro atoms. The molecule has 0 atom stereocenters. The summed E-state index contributed by atoms with van der Waals surface area (Å²) in [5.74, 6) is 0.174. The van der Waals surface area contributed by atoms with Gasteiger partial charge in [-0.1, -0.05) is 0 Å². The van der Waals surface area contributed by atoms with Gasteiger partial charge in [0.15, 0.2) is 9.84 Å². The van der Waals surface area contributed by atoms with Crippen molar-refractivity contribution < 1.29 is 8.42 Å². The van der Waals surface area contributed by atoms with Gasteiger partial charge in [-0.2, -0.15) is 5.10 Å². The lowest BCUT2D eigenvalue weighted by atomic mass is 10.6. The smallest absolute Gasteiger partial charge is 0.180 e. The average molecular weight is 175 g/mol. The quantitative estimate of drug-likeness (QED) is 0.618. The van der Waals surface area contributed by atoms with Crippen LogP contribution in [0.1, 0.15) is 0 Å². The number of nitrogens with zero attached hydrogens (tertiary/aromatic N) is 2. The second-order valence-electron chi connectivity index (χ2n) is 2.29. The van der Waals surface area contributed by atoms with Crippen molar-refractivity contribution in [1.29, 1.82) is 0 Å². The highest BCUT2D eigenvalue weighted by Crippen LogP contribution is 2.15. The van der Waals surface area contributed by atoms with Crippen molar-refractivity contribution in [2.24, 2.45) is 7.05 Å². The summed E-state index contributed by atoms with van der Waals surface area (Å²) in [4.78, 5) is 0.0833. The molecule has 1 heterocycles. The van der Waals surface area contributed by atoms with Crippen LogP contribution in [0.15, 0.2) is 11.1 Å². The summed E-state index contributed by atoms with van der Waals surface area (Å²) >= 11 is 0. The SMILES string of the molecule is Cn1ncc(S(C)(=O)=O)c1N. The van der Waals surface area contributed by atoms with Crippen LogP contribution in [0.2, 0.25) is 0 Å². The lowest BCUT2D eigenvalue weighted by Crippen LogP contribution is -2.03. The Morgan fingerprint density at radius 2 is 2.18 bits per heavy atom. The van der Waals surface area contributed by atoms with Crippen LogP contribution < -0.4 is 5.73 Å². The van der Waals surface area contributed by atoms with Gasteiger partial charge in [-0.25, -0.2) is 8.42 Å². The topological polar surface area (TPSA) is 78.0 Å². The summed E-state index contributed by atoms with van der Waals surface area (Å²) in [6.07, 6.45) is 2.34. The van der Waals surface area contributed by atoms with E-state index in [1.54, 1.807) is 7.05 Å². The van der Waals surface area contributed by atoms with Crippen LogP contribution in [-0.4, -0.2) is 24.5 Å². The van der Waals surface area contributed by atoms with Gasteiger partial charge in [0.2, 0.25) is 0 Å². The van der Waals surface area contributed by atoms with Crippen molar-refractivity contribution in [3.8, 4) is 0 Å². The first-order valence-electron chi connectivity index (χ1n) is 2.90. The van der Waals surface area contributed by atoms with Gasteiger partial charge in [0.05, 0.1) is 6.20 Å². The van der Waals surface area contributed by atoms with Gasteiger partial charge in [0.1, 0.15) is 10.7 Å². The van der Waals surface area contributed by atoms with Crippen molar-refractivity contribution >= 4 is 15.7 Å². The second-order valence-corrected chi connectivity index (χ2v) is 4.27. The largest absolute Gasteiger partial charge is 0.383 e. The van der Waals surface area contributed by atoms with Crippen molar-refractivity contribution in [1.82, 2.24) is 9.78 Å². The maximum absolute atomic E-state index is 10.9. The number of hydrogen-bond donors (Lipinski definition) is 1. The van der Waals surface area contributed by atoms with E-state index in [9.17, 15) is 8.42 Å². The minimum atomic E-state index is -3.22. The molecule has 0 saturated heterocycles. The normalized spacial score (nSPS) is 11.8. The molecule has 0 aliphatic rings. The molecule has 5 nitrogen and oxygen atoms in total. The zero-order valence-electron chi connectivity index (χ0n) is 6.27. The fraction of sp³-hybridized carbons (Fsp3) is 0.400. The molecule has 1 aromatic heterocycles. The van der Waals surface area contributed by atoms with Crippen LogP contribution >= 0.6 is 0 Å². The summed E-state index contributed by atoms with van der Waals surface area (Å²) in [6, 6.07) is 0. The molecule has 0 saturated carbocycles. The van der Waals surface area contributed by atoms with E-state index in [2.05, 4.69) is 5.10 Å². The van der Waals surface area contributed by atoms with E-state index in [0.29, 0.717) is 0 Å². The molecular formula is C5H9N3O2S. The number of nitrogens with two attached hydrogens (primary N) is 1. The maximum atomic E-state index is 10.9. The zero-order valence-corrected chi connectivity index (χ0v) is 7.09. The molecule has 0 aromatic carbocycles. The van der Waals surface area contributed by atoms with Crippen LogP contribution in [-0.2, 0) is 16.9 Å². The number of sulfone groups is 1. The van der Waals surface area contributed by atoms with Crippen molar-refractivity contribution in [3.05, 3.63) is 6.20 Å². The summed E-state index contributed by atoms with van der Waals surface area (Å²) in [5.41, 5.74) is 5.41. The molecule has 0 unspecified atom stereocenters. The molecule has 2 N–H and O–H groups in total. The molecule has 0 fully saturated rings. The van der Waals surface area contributed by atoms with Crippen LogP contribution in [0, 0.1) is 0 Å². The van der Waals surface area contributed by atoms with E-state index in [1.807, 2.05) is 0 Å². The minimum Gasteiger partial charge on any atom is -0.383 e. The highest BCUT2D eigenvalue weighted by atomic mass is 32.2. The van der Waals surface area contributed by atoms with Gasteiger partial charge < -0.3 is 5.73 Å². The van der Waals surface area contributed by atoms with Gasteiger partial charge in [0.25, 0.3) is 0 Å². The molecule has 1 rings (SSSR count). The molecule has 0 aliphatic carbocycles. The first-order valence-corrected chi connectivity index (χ1v) is 4.79. The highest BCUT2D eigenvalue weighted by molar-refractivity contribution is 7.90. The third-order valence-corrected chi connectivity index (χ3v) is 2.46. The van der Waals surface area contributed by atoms with Crippen LogP contribution in [0.25, 0.3) is 0 Å². The molecule has 0 bridgehead atoms. The number of aromatic nitrogens is 2. The Labute approximate surface area is 64.7 Å². The second kappa shape index (κ2) is 2.23. The van der Waals surface area contributed by atoms with Crippen molar-refractivity contribution in [3.63, 3.8) is 0 Å². The first-order chi connectivity index (χ1) is 4.93. The van der Waals surface area contributed by atoms with E-state index in [4.69, 9.17) is 5.73 Å². The van der Waals surface area contributed by atoms with Crippen molar-refractivity contribution in [2.75, 3.05) is 12.0 Å². The van der Waals surface area contributed by atoms with E-state index in [1.165, 1.54) is 10.9 Å². The molecule has 1 aromatic rings. The standard InChI is InChI=1S/C5H9N3O2S/c1-8-5(6)4(3-7-8)11(2,9)10/h3H,6H2,1-2H3. The third-order valence-electron chi connectivity index (χ3n) is 1.35. The average Bonchev–Trinajstić information content (AvgIpc) is 2.11. The number of anilines is 1. The predicted molar refractivity (Wildman–Crippen MR) is 40.7 cm³/mol. The Morgan fingerprint density at radius 1 is 1.64 bits per heavy atom. The minimum absolute atomic E-state index is 0.0833. The fourth-order valence-corrected chi connectivity index (χ4v) is 1.46. The number of rotatable bonds is 1. The molecule has 6 heteroatoms. The summed E-state index contributed by atoms with van der Waals surface area (Å²) < 4.78 is 23.2. The van der Waals surface area contributed by atoms with E-state index < -0.39 is 9.84 Å². The molecule has 0 aliphatic heterocycles. The van der Waals surface area contributed by atoms with Crippen LogP contribution in [0.3, 0.4) is 0 Å². The summed E-state index contributed by atoms with van der Waals surface area (Å²) in [6.45, 7) is 0. The van der Waals surface area contributed by atoms with Gasteiger partial charge in [-0.15, -0.1) is 0 Å². The number of hydrogen-bond acceptors (Lipinski definition) is 4. The molecule has 11 heavy (non-hydrogen) atoms. The van der Waals surface area contributed by atoms with Crippen LogP contribution in [0.4, 0.5) is 5.82 Å². The molecule has 0 amide bonds. The van der Waals surface area contributed by atoms with Gasteiger partial charge >= 0.3 is 0 Å². The lowest BCUT2D eigenvalue weighted by molar-refractivity contribution is 0.602. The van der Waals surface area contributed by atoms with E-state index in [0.717, 1.165) is 6.26 Å². The Bertz CT molecular complexity index is 365. The molecule has 62 valence electrons. The van der Waals surface area contributed by atoms with Gasteiger partial charge in [0, 0.05) is 13.3 Å². The maximum Gasteiger partial charge on any atom is 0.180 e. The Morgan fingerprint density at radius 3 is 2.36 bits per heavy atom. The fourth-order valence-electron chi connectivity index (χ4n) is 0.713. The summed E-state index contributed by atoms with van der Waals surface area (Å²) in [7, 11) is -1.63. The number of nitrogen functional groups attached to an aromatic ring is 1. The van der Waals surface area contributed by atoms with Crippen molar-refractivity contribution in [2.45, 2.75) is 4.90 Å². The predicted octanol–water partition coefficient (Wildman–Crippen LogP) is -0.594. The molecule has 0 radical (unpaired) electrons. The molecular weight excluding hydrogens is 166 g/mol. The van der Waals surface area contributed by atoms with Crippen LogP contribution in [0.5, 0.6) is 0 Å². The Hall–Kier alpha value is -1.04. The summed E-state index contributed by atoms with van der Waals surface area (Å²) in [5, 5.41) is 3.70. The van der Waals surface area contributed by atoms with E-state index in [-0.39, 0.29) is 10.7 Å². The third kappa shape index (κ3) is 1.35. The lowest BCUT2D eigenvalue weighted by Gasteiger charge is -1.95. The number of aryl methyl sites for hydroxylation is 1. The zero-order chi connectivity index (χ0) is 8.65. The first kappa shape index (κ1) is 8.06. The monoisotopic (exact) mass is 175 g/mol. The van der Waals surface area contributed by atoms with Gasteiger partial charge in [-0.05, 0) is 0 Å². The Kier molecular flexibility index (Phi) is 1.63. The van der Waals surface area contributed by atoms with E-state index >= 15 is 0 Å². The highest BCUT2D eigenvalue weighted by Gasteiger charge is 2.14. The van der Waals surface area contributed by atoms with Gasteiger partial charge in [-0.3, -0.25) is 4.68 Å². The Balaban J connectivity index is 3.38.